The van der Waals surface area contributed by atoms with E-state index >= 15 is 0 Å². The number of rotatable bonds is 8. The summed E-state index contributed by atoms with van der Waals surface area (Å²) in [5.74, 6) is 0.427. The number of nitro groups is 1. The molecule has 0 fully saturated rings. The van der Waals surface area contributed by atoms with E-state index in [1.54, 1.807) is 18.2 Å². The molecule has 166 valence electrons. The van der Waals surface area contributed by atoms with E-state index in [4.69, 9.17) is 16.0 Å². The Labute approximate surface area is 195 Å². The van der Waals surface area contributed by atoms with Crippen LogP contribution in [0, 0.1) is 10.1 Å². The number of carbonyl (C=O) groups excluding carboxylic acids is 1. The zero-order chi connectivity index (χ0) is 23.2. The Morgan fingerprint density at radius 3 is 2.85 bits per heavy atom. The van der Waals surface area contributed by atoms with Crippen LogP contribution >= 0.6 is 23.4 Å². The van der Waals surface area contributed by atoms with Crippen LogP contribution in [0.25, 0.3) is 17.0 Å². The summed E-state index contributed by atoms with van der Waals surface area (Å²) in [6, 6.07) is 16.9. The number of hydrogen-bond acceptors (Lipinski definition) is 9. The smallest absolute Gasteiger partial charge is 0.288 e. The molecule has 11 nitrogen and oxygen atoms in total. The van der Waals surface area contributed by atoms with Crippen molar-refractivity contribution in [1.82, 2.24) is 25.6 Å². The van der Waals surface area contributed by atoms with Crippen LogP contribution in [0.5, 0.6) is 0 Å². The number of thioether (sulfide) groups is 1. The van der Waals surface area contributed by atoms with E-state index in [0.29, 0.717) is 22.2 Å². The zero-order valence-electron chi connectivity index (χ0n) is 16.7. The number of nitrogens with one attached hydrogen (secondary N) is 1. The number of nitrogens with zero attached hydrogens (tertiary/aromatic N) is 6. The van der Waals surface area contributed by atoms with Crippen LogP contribution in [-0.2, 0) is 4.79 Å². The molecule has 4 rings (SSSR count). The molecular weight excluding hydrogens is 470 g/mol. The van der Waals surface area contributed by atoms with Crippen molar-refractivity contribution in [3.05, 3.63) is 81.6 Å². The van der Waals surface area contributed by atoms with Gasteiger partial charge in [-0.2, -0.15) is 9.78 Å². The first-order valence-corrected chi connectivity index (χ1v) is 10.7. The maximum Gasteiger partial charge on any atom is 0.288 e. The molecule has 0 radical (unpaired) electrons. The van der Waals surface area contributed by atoms with Crippen LogP contribution in [0.15, 0.2) is 75.3 Å². The molecule has 0 aliphatic heterocycles. The molecule has 0 bridgehead atoms. The number of halogens is 1. The van der Waals surface area contributed by atoms with Gasteiger partial charge in [0.05, 0.1) is 22.6 Å². The summed E-state index contributed by atoms with van der Waals surface area (Å²) < 4.78 is 7.14. The van der Waals surface area contributed by atoms with E-state index in [0.717, 1.165) is 17.4 Å². The first kappa shape index (κ1) is 22.2. The highest BCUT2D eigenvalue weighted by molar-refractivity contribution is 7.99. The van der Waals surface area contributed by atoms with Gasteiger partial charge in [-0.3, -0.25) is 14.9 Å². The summed E-state index contributed by atoms with van der Waals surface area (Å²) in [6.07, 6.45) is 1.32. The van der Waals surface area contributed by atoms with Crippen LogP contribution < -0.4 is 5.43 Å². The van der Waals surface area contributed by atoms with Crippen LogP contribution in [0.4, 0.5) is 5.69 Å². The average molecular weight is 484 g/mol. The van der Waals surface area contributed by atoms with Crippen molar-refractivity contribution < 1.29 is 14.1 Å². The number of tetrazole rings is 1. The summed E-state index contributed by atoms with van der Waals surface area (Å²) in [7, 11) is 0. The Kier molecular flexibility index (Phi) is 6.76. The summed E-state index contributed by atoms with van der Waals surface area (Å²) in [5, 5.41) is 26.9. The van der Waals surface area contributed by atoms with E-state index in [9.17, 15) is 14.9 Å². The third kappa shape index (κ3) is 5.42. The van der Waals surface area contributed by atoms with Crippen molar-refractivity contribution >= 4 is 41.2 Å². The van der Waals surface area contributed by atoms with Gasteiger partial charge in [0.1, 0.15) is 16.5 Å². The summed E-state index contributed by atoms with van der Waals surface area (Å²) in [5.41, 5.74) is 3.45. The molecule has 0 saturated heterocycles. The maximum atomic E-state index is 12.1. The molecule has 33 heavy (non-hydrogen) atoms. The third-order valence-corrected chi connectivity index (χ3v) is 5.45. The summed E-state index contributed by atoms with van der Waals surface area (Å²) in [4.78, 5) is 22.6. The minimum absolute atomic E-state index is 0.0375. The molecule has 0 aliphatic carbocycles. The van der Waals surface area contributed by atoms with Gasteiger partial charge in [0.15, 0.2) is 0 Å². The lowest BCUT2D eigenvalue weighted by atomic mass is 10.1. The molecule has 13 heteroatoms. The van der Waals surface area contributed by atoms with E-state index in [1.807, 2.05) is 30.3 Å². The standard InChI is InChI=1S/C20H14ClN7O4S/c21-16-8-6-13(10-17(16)28(30)31)18-9-7-15(32-18)11-22-23-19(29)12-33-20-24-25-26-27(20)14-4-2-1-3-5-14/h1-11H,12H2,(H,23,29). The fourth-order valence-electron chi connectivity index (χ4n) is 2.71. The number of furan rings is 1. The van der Waals surface area contributed by atoms with Gasteiger partial charge in [0.2, 0.25) is 5.16 Å². The monoisotopic (exact) mass is 483 g/mol. The average Bonchev–Trinajstić information content (AvgIpc) is 3.48. The van der Waals surface area contributed by atoms with Gasteiger partial charge in [-0.1, -0.05) is 41.6 Å². The second kappa shape index (κ2) is 10.1. The van der Waals surface area contributed by atoms with Crippen LogP contribution in [0.2, 0.25) is 5.02 Å². The number of benzene rings is 2. The third-order valence-electron chi connectivity index (χ3n) is 4.21. The Bertz CT molecular complexity index is 1320. The van der Waals surface area contributed by atoms with Gasteiger partial charge in [0, 0.05) is 11.6 Å². The lowest BCUT2D eigenvalue weighted by Gasteiger charge is -2.03. The van der Waals surface area contributed by atoms with Crippen LogP contribution in [-0.4, -0.2) is 43.0 Å². The summed E-state index contributed by atoms with van der Waals surface area (Å²) >= 11 is 6.99. The molecular formula is C20H14ClN7O4S. The minimum Gasteiger partial charge on any atom is -0.455 e. The first-order chi connectivity index (χ1) is 16.0. The van der Waals surface area contributed by atoms with Gasteiger partial charge >= 0.3 is 0 Å². The van der Waals surface area contributed by atoms with Crippen molar-refractivity contribution in [1.29, 1.82) is 0 Å². The first-order valence-electron chi connectivity index (χ1n) is 9.34. The number of hydrazone groups is 1. The molecule has 4 aromatic rings. The second-order valence-corrected chi connectivity index (χ2v) is 7.77. The zero-order valence-corrected chi connectivity index (χ0v) is 18.2. The molecule has 2 heterocycles. The molecule has 0 atom stereocenters. The predicted octanol–water partition coefficient (Wildman–Crippen LogP) is 3.73. The van der Waals surface area contributed by atoms with Crippen LogP contribution in [0.3, 0.4) is 0 Å². The normalized spacial score (nSPS) is 11.1. The van der Waals surface area contributed by atoms with Crippen molar-refractivity contribution in [2.45, 2.75) is 5.16 Å². The molecule has 0 unspecified atom stereocenters. The molecule has 1 amide bonds. The highest BCUT2D eigenvalue weighted by atomic mass is 35.5. The Morgan fingerprint density at radius 1 is 1.24 bits per heavy atom. The van der Waals surface area contributed by atoms with Crippen molar-refractivity contribution in [3.63, 3.8) is 0 Å². The van der Waals surface area contributed by atoms with E-state index in [2.05, 4.69) is 26.1 Å². The second-order valence-electron chi connectivity index (χ2n) is 6.42. The van der Waals surface area contributed by atoms with E-state index < -0.39 is 4.92 Å². The number of para-hydroxylation sites is 1. The van der Waals surface area contributed by atoms with E-state index in [1.165, 1.54) is 23.0 Å². The van der Waals surface area contributed by atoms with Gasteiger partial charge < -0.3 is 4.42 Å². The van der Waals surface area contributed by atoms with Gasteiger partial charge in [-0.15, -0.1) is 5.10 Å². The fourth-order valence-corrected chi connectivity index (χ4v) is 3.58. The van der Waals surface area contributed by atoms with Gasteiger partial charge in [-0.25, -0.2) is 5.43 Å². The van der Waals surface area contributed by atoms with Gasteiger partial charge in [0.25, 0.3) is 11.6 Å². The largest absolute Gasteiger partial charge is 0.455 e. The number of hydrogen-bond donors (Lipinski definition) is 1. The molecule has 2 aromatic heterocycles. The Morgan fingerprint density at radius 2 is 2.06 bits per heavy atom. The highest BCUT2D eigenvalue weighted by Crippen LogP contribution is 2.31. The Balaban J connectivity index is 1.33. The van der Waals surface area contributed by atoms with Crippen molar-refractivity contribution in [3.8, 4) is 17.0 Å². The SMILES string of the molecule is O=C(CSc1nnnn1-c1ccccc1)NN=Cc1ccc(-c2ccc(Cl)c([N+](=O)[O-])c2)o1. The van der Waals surface area contributed by atoms with Crippen LogP contribution in [0.1, 0.15) is 5.76 Å². The number of nitro benzene ring substituents is 1. The molecule has 0 aliphatic rings. The quantitative estimate of drug-likeness (QED) is 0.173. The minimum atomic E-state index is -0.566. The number of carbonyl (C=O) groups is 1. The highest BCUT2D eigenvalue weighted by Gasteiger charge is 2.15. The molecule has 0 saturated carbocycles. The lowest BCUT2D eigenvalue weighted by Crippen LogP contribution is -2.19. The number of amides is 1. The van der Waals surface area contributed by atoms with Crippen molar-refractivity contribution in [2.75, 3.05) is 5.75 Å². The Hall–Kier alpha value is -4.03. The lowest BCUT2D eigenvalue weighted by molar-refractivity contribution is -0.384. The van der Waals surface area contributed by atoms with Crippen molar-refractivity contribution in [2.24, 2.45) is 5.10 Å². The molecule has 0 spiro atoms. The maximum absolute atomic E-state index is 12.1. The molecule has 1 N–H and O–H groups in total. The summed E-state index contributed by atoms with van der Waals surface area (Å²) in [6.45, 7) is 0. The predicted molar refractivity (Wildman–Crippen MR) is 121 cm³/mol. The number of aromatic nitrogens is 4. The molecule has 2 aromatic carbocycles. The van der Waals surface area contributed by atoms with E-state index in [-0.39, 0.29) is 22.4 Å². The van der Waals surface area contributed by atoms with Gasteiger partial charge in [-0.05, 0) is 46.8 Å². The fraction of sp³-hybridized carbons (Fsp3) is 0.0500. The topological polar surface area (TPSA) is 141 Å².